The van der Waals surface area contributed by atoms with Gasteiger partial charge in [0.2, 0.25) is 0 Å². The Morgan fingerprint density at radius 1 is 1.26 bits per heavy atom. The fourth-order valence-corrected chi connectivity index (χ4v) is 2.78. The quantitative estimate of drug-likeness (QED) is 0.757. The second kappa shape index (κ2) is 8.41. The van der Waals surface area contributed by atoms with Crippen LogP contribution in [0.15, 0.2) is 18.2 Å². The zero-order valence-corrected chi connectivity index (χ0v) is 14.4. The van der Waals surface area contributed by atoms with Gasteiger partial charge in [-0.05, 0) is 31.9 Å². The molecule has 5 nitrogen and oxygen atoms in total. The maximum Gasteiger partial charge on any atom is 0.309 e. The summed E-state index contributed by atoms with van der Waals surface area (Å²) in [7, 11) is 0. The molecule has 1 fully saturated rings. The van der Waals surface area contributed by atoms with Gasteiger partial charge in [0, 0.05) is 24.2 Å². The molecule has 0 aliphatic carbocycles. The van der Waals surface area contributed by atoms with E-state index in [-0.39, 0.29) is 24.4 Å². The van der Waals surface area contributed by atoms with E-state index in [1.807, 2.05) is 0 Å². The largest absolute Gasteiger partial charge is 0.482 e. The van der Waals surface area contributed by atoms with Crippen LogP contribution in [0.4, 0.5) is 0 Å². The number of ether oxygens (including phenoxy) is 2. The molecule has 1 aliphatic heterocycles. The second-order valence-electron chi connectivity index (χ2n) is 5.27. The first-order chi connectivity index (χ1) is 11.0. The van der Waals surface area contributed by atoms with Gasteiger partial charge in [0.1, 0.15) is 5.75 Å². The molecule has 23 heavy (non-hydrogen) atoms. The van der Waals surface area contributed by atoms with Crippen LogP contribution < -0.4 is 4.74 Å². The summed E-state index contributed by atoms with van der Waals surface area (Å²) in [5.41, 5.74) is 0. The van der Waals surface area contributed by atoms with Gasteiger partial charge < -0.3 is 14.4 Å². The molecular weight excluding hydrogens is 341 g/mol. The molecule has 1 aromatic rings. The molecule has 1 aliphatic rings. The second-order valence-corrected chi connectivity index (χ2v) is 6.11. The van der Waals surface area contributed by atoms with Crippen molar-refractivity contribution in [2.45, 2.75) is 19.8 Å². The van der Waals surface area contributed by atoms with E-state index in [9.17, 15) is 9.59 Å². The highest BCUT2D eigenvalue weighted by Gasteiger charge is 2.28. The van der Waals surface area contributed by atoms with E-state index in [1.54, 1.807) is 30.0 Å². The molecule has 0 unspecified atom stereocenters. The monoisotopic (exact) mass is 359 g/mol. The molecule has 0 spiro atoms. The molecule has 2 rings (SSSR count). The minimum Gasteiger partial charge on any atom is -0.482 e. The van der Waals surface area contributed by atoms with Gasteiger partial charge in [-0.25, -0.2) is 0 Å². The van der Waals surface area contributed by atoms with Gasteiger partial charge in [0.25, 0.3) is 5.91 Å². The van der Waals surface area contributed by atoms with Crippen molar-refractivity contribution < 1.29 is 19.1 Å². The number of carbonyl (C=O) groups is 2. The van der Waals surface area contributed by atoms with Crippen molar-refractivity contribution in [2.24, 2.45) is 5.92 Å². The zero-order valence-electron chi connectivity index (χ0n) is 12.9. The molecule has 0 atom stereocenters. The Morgan fingerprint density at radius 2 is 1.96 bits per heavy atom. The van der Waals surface area contributed by atoms with Crippen molar-refractivity contribution >= 4 is 35.1 Å². The van der Waals surface area contributed by atoms with Crippen LogP contribution in [0, 0.1) is 5.92 Å². The van der Waals surface area contributed by atoms with E-state index in [0.717, 1.165) is 0 Å². The number of likely N-dealkylation sites (tertiary alicyclic amines) is 1. The molecule has 7 heteroatoms. The summed E-state index contributed by atoms with van der Waals surface area (Å²) in [6.07, 6.45) is 1.23. The van der Waals surface area contributed by atoms with Crippen LogP contribution in [0.3, 0.4) is 0 Å². The van der Waals surface area contributed by atoms with E-state index >= 15 is 0 Å². The van der Waals surface area contributed by atoms with Crippen LogP contribution in [-0.2, 0) is 14.3 Å². The molecule has 0 radical (unpaired) electrons. The first-order valence-corrected chi connectivity index (χ1v) is 8.29. The average molecular weight is 360 g/mol. The Labute approximate surface area is 145 Å². The molecule has 1 aromatic carbocycles. The highest BCUT2D eigenvalue weighted by Crippen LogP contribution is 2.27. The average Bonchev–Trinajstić information content (AvgIpc) is 2.55. The molecule has 0 N–H and O–H groups in total. The standard InChI is InChI=1S/C16H19Cl2NO4/c1-2-22-16(21)11-5-7-19(8-6-11)15(20)10-23-14-9-12(17)3-4-13(14)18/h3-4,9,11H,2,5-8,10H2,1H3. The maximum atomic E-state index is 12.2. The van der Waals surface area contributed by atoms with Gasteiger partial charge in [-0.3, -0.25) is 9.59 Å². The van der Waals surface area contributed by atoms with Gasteiger partial charge in [0.05, 0.1) is 17.5 Å². The van der Waals surface area contributed by atoms with Crippen LogP contribution in [0.1, 0.15) is 19.8 Å². The Balaban J connectivity index is 1.81. The number of rotatable bonds is 5. The number of esters is 1. The van der Waals surface area contributed by atoms with E-state index in [1.165, 1.54) is 0 Å². The Morgan fingerprint density at radius 3 is 2.61 bits per heavy atom. The SMILES string of the molecule is CCOC(=O)C1CCN(C(=O)COc2cc(Cl)ccc2Cl)CC1. The first kappa shape index (κ1) is 17.9. The number of hydrogen-bond acceptors (Lipinski definition) is 4. The molecule has 1 saturated heterocycles. The third kappa shape index (κ3) is 5.01. The molecule has 1 amide bonds. The number of carbonyl (C=O) groups excluding carboxylic acids is 2. The summed E-state index contributed by atoms with van der Waals surface area (Å²) < 4.78 is 10.5. The van der Waals surface area contributed by atoms with Crippen molar-refractivity contribution in [3.63, 3.8) is 0 Å². The lowest BCUT2D eigenvalue weighted by Crippen LogP contribution is -2.42. The lowest BCUT2D eigenvalue weighted by molar-refractivity contribution is -0.151. The van der Waals surface area contributed by atoms with Crippen LogP contribution in [0.2, 0.25) is 10.0 Å². The first-order valence-electron chi connectivity index (χ1n) is 7.53. The van der Waals surface area contributed by atoms with Crippen molar-refractivity contribution in [1.29, 1.82) is 0 Å². The van der Waals surface area contributed by atoms with Crippen LogP contribution in [0.5, 0.6) is 5.75 Å². The fraction of sp³-hybridized carbons (Fsp3) is 0.500. The minimum absolute atomic E-state index is 0.107. The highest BCUT2D eigenvalue weighted by molar-refractivity contribution is 6.34. The number of benzene rings is 1. The Bertz CT molecular complexity index is 571. The van der Waals surface area contributed by atoms with E-state index < -0.39 is 0 Å². The third-order valence-electron chi connectivity index (χ3n) is 3.71. The summed E-state index contributed by atoms with van der Waals surface area (Å²) in [5, 5.41) is 0.898. The van der Waals surface area contributed by atoms with Gasteiger partial charge >= 0.3 is 5.97 Å². The predicted molar refractivity (Wildman–Crippen MR) is 87.9 cm³/mol. The number of amides is 1. The Hall–Kier alpha value is -1.46. The summed E-state index contributed by atoms with van der Waals surface area (Å²) in [6, 6.07) is 4.84. The van der Waals surface area contributed by atoms with Crippen LogP contribution in [0.25, 0.3) is 0 Å². The minimum atomic E-state index is -0.179. The van der Waals surface area contributed by atoms with Crippen molar-refractivity contribution in [3.8, 4) is 5.75 Å². The third-order valence-corrected chi connectivity index (χ3v) is 4.26. The Kier molecular flexibility index (Phi) is 6.54. The molecular formula is C16H19Cl2NO4. The smallest absolute Gasteiger partial charge is 0.309 e. The van der Waals surface area contributed by atoms with Gasteiger partial charge in [-0.15, -0.1) is 0 Å². The van der Waals surface area contributed by atoms with Crippen molar-refractivity contribution in [2.75, 3.05) is 26.3 Å². The molecule has 1 heterocycles. The summed E-state index contributed by atoms with van der Waals surface area (Å²) in [5.74, 6) is -0.0545. The fourth-order valence-electron chi connectivity index (χ4n) is 2.44. The number of nitrogens with zero attached hydrogens (tertiary/aromatic N) is 1. The van der Waals surface area contributed by atoms with E-state index in [0.29, 0.717) is 48.3 Å². The van der Waals surface area contributed by atoms with Gasteiger partial charge in [-0.2, -0.15) is 0 Å². The number of hydrogen-bond donors (Lipinski definition) is 0. The number of piperidine rings is 1. The number of halogens is 2. The van der Waals surface area contributed by atoms with Crippen LogP contribution >= 0.6 is 23.2 Å². The maximum absolute atomic E-state index is 12.2. The lowest BCUT2D eigenvalue weighted by atomic mass is 9.97. The lowest BCUT2D eigenvalue weighted by Gasteiger charge is -2.30. The highest BCUT2D eigenvalue weighted by atomic mass is 35.5. The predicted octanol–water partition coefficient (Wildman–Crippen LogP) is 3.17. The van der Waals surface area contributed by atoms with Crippen LogP contribution in [-0.4, -0.2) is 43.1 Å². The van der Waals surface area contributed by atoms with Gasteiger partial charge in [0.15, 0.2) is 6.61 Å². The summed E-state index contributed by atoms with van der Waals surface area (Å²) in [4.78, 5) is 25.5. The molecule has 0 aromatic heterocycles. The van der Waals surface area contributed by atoms with E-state index in [2.05, 4.69) is 0 Å². The summed E-state index contributed by atoms with van der Waals surface area (Å²) >= 11 is 11.9. The van der Waals surface area contributed by atoms with Crippen molar-refractivity contribution in [3.05, 3.63) is 28.2 Å². The normalized spacial score (nSPS) is 15.3. The summed E-state index contributed by atoms with van der Waals surface area (Å²) in [6.45, 7) is 3.11. The van der Waals surface area contributed by atoms with Gasteiger partial charge in [-0.1, -0.05) is 23.2 Å². The molecule has 0 bridgehead atoms. The molecule has 126 valence electrons. The van der Waals surface area contributed by atoms with E-state index in [4.69, 9.17) is 32.7 Å². The zero-order chi connectivity index (χ0) is 16.8. The molecule has 0 saturated carbocycles. The van der Waals surface area contributed by atoms with Crippen molar-refractivity contribution in [1.82, 2.24) is 4.90 Å². The topological polar surface area (TPSA) is 55.8 Å².